The number of benzene rings is 1. The summed E-state index contributed by atoms with van der Waals surface area (Å²) in [7, 11) is 0. The minimum atomic E-state index is 0.340. The predicted molar refractivity (Wildman–Crippen MR) is 95.8 cm³/mol. The molecule has 1 unspecified atom stereocenters. The van der Waals surface area contributed by atoms with Crippen LogP contribution in [0.1, 0.15) is 75.7 Å². The van der Waals surface area contributed by atoms with Crippen molar-refractivity contribution in [1.29, 1.82) is 0 Å². The minimum absolute atomic E-state index is 0.340. The molecule has 0 amide bonds. The van der Waals surface area contributed by atoms with E-state index in [0.29, 0.717) is 12.5 Å². The van der Waals surface area contributed by atoms with Crippen molar-refractivity contribution in [2.24, 2.45) is 0 Å². The van der Waals surface area contributed by atoms with Crippen LogP contribution in [0.15, 0.2) is 36.5 Å². The van der Waals surface area contributed by atoms with Gasteiger partial charge >= 0.3 is 0 Å². The zero-order valence-electron chi connectivity index (χ0n) is 14.2. The highest BCUT2D eigenvalue weighted by Crippen LogP contribution is 2.35. The van der Waals surface area contributed by atoms with Gasteiger partial charge in [0.1, 0.15) is 0 Å². The maximum Gasteiger partial charge on any atom is 0.0723 e. The van der Waals surface area contributed by atoms with Crippen molar-refractivity contribution in [2.45, 2.75) is 70.1 Å². The molecule has 3 heteroatoms. The molecule has 0 spiro atoms. The summed E-state index contributed by atoms with van der Waals surface area (Å²) in [4.78, 5) is 0. The number of allylic oxidation sites excluding steroid dienone is 1. The number of aliphatic hydroxyl groups excluding tert-OH is 1. The third kappa shape index (κ3) is 6.00. The summed E-state index contributed by atoms with van der Waals surface area (Å²) < 4.78 is 0. The number of hydrogen-bond acceptors (Lipinski definition) is 3. The van der Waals surface area contributed by atoms with Crippen LogP contribution in [0, 0.1) is 0 Å². The van der Waals surface area contributed by atoms with Gasteiger partial charge in [0.05, 0.1) is 5.69 Å². The van der Waals surface area contributed by atoms with E-state index >= 15 is 0 Å². The Morgan fingerprint density at radius 1 is 0.826 bits per heavy atom. The second-order valence-corrected chi connectivity index (χ2v) is 6.55. The number of hydrogen-bond donors (Lipinski definition) is 2. The van der Waals surface area contributed by atoms with Gasteiger partial charge in [-0.25, -0.2) is 5.06 Å². The lowest BCUT2D eigenvalue weighted by Gasteiger charge is -2.26. The van der Waals surface area contributed by atoms with Crippen LogP contribution in [0.5, 0.6) is 0 Å². The van der Waals surface area contributed by atoms with E-state index in [1.807, 2.05) is 12.1 Å². The molecule has 0 saturated heterocycles. The second-order valence-electron chi connectivity index (χ2n) is 6.55. The van der Waals surface area contributed by atoms with Gasteiger partial charge in [-0.05, 0) is 24.5 Å². The van der Waals surface area contributed by atoms with Crippen LogP contribution < -0.4 is 5.06 Å². The maximum absolute atomic E-state index is 9.86. The highest BCUT2D eigenvalue weighted by molar-refractivity contribution is 5.58. The molecule has 2 rings (SSSR count). The summed E-state index contributed by atoms with van der Waals surface area (Å²) in [6, 6.07) is 8.12. The predicted octanol–water partition coefficient (Wildman–Crippen LogP) is 5.39. The maximum atomic E-state index is 9.86. The largest absolute Gasteiger partial charge is 0.396 e. The second kappa shape index (κ2) is 10.5. The van der Waals surface area contributed by atoms with Crippen molar-refractivity contribution >= 4 is 5.69 Å². The first-order chi connectivity index (χ1) is 11.3. The first-order valence-corrected chi connectivity index (χ1v) is 9.19. The van der Waals surface area contributed by atoms with Crippen molar-refractivity contribution in [3.63, 3.8) is 0 Å². The summed E-state index contributed by atoms with van der Waals surface area (Å²) in [5.41, 5.74) is 2.16. The van der Waals surface area contributed by atoms with Crippen molar-refractivity contribution in [3.8, 4) is 0 Å². The first-order valence-electron chi connectivity index (χ1n) is 9.19. The third-order valence-electron chi connectivity index (χ3n) is 4.72. The van der Waals surface area contributed by atoms with E-state index in [1.54, 1.807) is 6.20 Å². The lowest BCUT2D eigenvalue weighted by Crippen LogP contribution is -2.17. The topological polar surface area (TPSA) is 43.7 Å². The number of hydroxylamine groups is 1. The molecule has 1 aliphatic rings. The van der Waals surface area contributed by atoms with Crippen LogP contribution in [0.3, 0.4) is 0 Å². The molecule has 0 aliphatic carbocycles. The molecular weight excluding hydrogens is 286 g/mol. The minimum Gasteiger partial charge on any atom is -0.396 e. The summed E-state index contributed by atoms with van der Waals surface area (Å²) in [5, 5.41) is 19.8. The Kier molecular flexibility index (Phi) is 8.19. The van der Waals surface area contributed by atoms with E-state index in [0.717, 1.165) is 18.5 Å². The number of aliphatic hydroxyl groups is 1. The molecule has 128 valence electrons. The van der Waals surface area contributed by atoms with Crippen molar-refractivity contribution < 1.29 is 10.3 Å². The summed E-state index contributed by atoms with van der Waals surface area (Å²) >= 11 is 0. The highest BCUT2D eigenvalue weighted by Gasteiger charge is 2.18. The van der Waals surface area contributed by atoms with E-state index in [4.69, 9.17) is 5.11 Å². The van der Waals surface area contributed by atoms with E-state index in [2.05, 4.69) is 18.2 Å². The van der Waals surface area contributed by atoms with Crippen molar-refractivity contribution in [3.05, 3.63) is 42.1 Å². The molecule has 1 aromatic carbocycles. The van der Waals surface area contributed by atoms with E-state index in [-0.39, 0.29) is 0 Å². The smallest absolute Gasteiger partial charge is 0.0723 e. The van der Waals surface area contributed by atoms with Gasteiger partial charge in [0.2, 0.25) is 0 Å². The molecule has 3 nitrogen and oxygen atoms in total. The SMILES string of the molecule is OCCCCCCCCCCCC1C=CN(O)c2ccccc21. The van der Waals surface area contributed by atoms with Gasteiger partial charge in [0.25, 0.3) is 0 Å². The molecule has 0 radical (unpaired) electrons. The molecule has 0 saturated carbocycles. The molecule has 2 N–H and O–H groups in total. The molecule has 1 atom stereocenters. The number of rotatable bonds is 11. The van der Waals surface area contributed by atoms with Gasteiger partial charge in [-0.1, -0.05) is 75.6 Å². The Bertz CT molecular complexity index is 472. The molecule has 1 aliphatic heterocycles. The molecule has 0 fully saturated rings. The number of para-hydroxylation sites is 1. The monoisotopic (exact) mass is 317 g/mol. The third-order valence-corrected chi connectivity index (χ3v) is 4.72. The Morgan fingerprint density at radius 3 is 2.13 bits per heavy atom. The Labute approximate surface area is 140 Å². The van der Waals surface area contributed by atoms with Gasteiger partial charge in [0.15, 0.2) is 0 Å². The van der Waals surface area contributed by atoms with Crippen LogP contribution in [-0.4, -0.2) is 16.9 Å². The standard InChI is InChI=1S/C20H31NO2/c22-17-11-7-5-3-1-2-4-6-8-12-18-15-16-21(23)20-14-10-9-13-19(18)20/h9-10,13-16,18,22-23H,1-8,11-12,17H2. The van der Waals surface area contributed by atoms with Gasteiger partial charge in [-0.2, -0.15) is 0 Å². The first kappa shape index (κ1) is 18.0. The van der Waals surface area contributed by atoms with Crippen LogP contribution >= 0.6 is 0 Å². The zero-order chi connectivity index (χ0) is 16.3. The lowest BCUT2D eigenvalue weighted by atomic mass is 9.90. The lowest BCUT2D eigenvalue weighted by molar-refractivity contribution is 0.282. The molecule has 23 heavy (non-hydrogen) atoms. The van der Waals surface area contributed by atoms with Gasteiger partial charge in [-0.3, -0.25) is 5.21 Å². The normalized spacial score (nSPS) is 16.6. The van der Waals surface area contributed by atoms with E-state index < -0.39 is 0 Å². The van der Waals surface area contributed by atoms with Crippen molar-refractivity contribution in [1.82, 2.24) is 0 Å². The van der Waals surface area contributed by atoms with E-state index in [1.165, 1.54) is 62.0 Å². The summed E-state index contributed by atoms with van der Waals surface area (Å²) in [5.74, 6) is 0.438. The summed E-state index contributed by atoms with van der Waals surface area (Å²) in [6.45, 7) is 0.340. The molecule has 1 aromatic rings. The Morgan fingerprint density at radius 2 is 1.43 bits per heavy atom. The quantitative estimate of drug-likeness (QED) is 0.538. The van der Waals surface area contributed by atoms with Gasteiger partial charge in [-0.15, -0.1) is 0 Å². The number of fused-ring (bicyclic) bond motifs is 1. The van der Waals surface area contributed by atoms with E-state index in [9.17, 15) is 5.21 Å². The molecule has 1 heterocycles. The Balaban J connectivity index is 1.58. The highest BCUT2D eigenvalue weighted by atomic mass is 16.5. The van der Waals surface area contributed by atoms with Gasteiger partial charge < -0.3 is 5.11 Å². The average Bonchev–Trinajstić information content (AvgIpc) is 2.58. The Hall–Kier alpha value is -1.32. The van der Waals surface area contributed by atoms with Crippen LogP contribution in [0.2, 0.25) is 0 Å². The van der Waals surface area contributed by atoms with Crippen LogP contribution in [0.4, 0.5) is 5.69 Å². The number of anilines is 1. The molecular formula is C20H31NO2. The number of nitrogens with zero attached hydrogens (tertiary/aromatic N) is 1. The van der Waals surface area contributed by atoms with Gasteiger partial charge in [0, 0.05) is 18.7 Å². The zero-order valence-corrected chi connectivity index (χ0v) is 14.2. The van der Waals surface area contributed by atoms with Crippen molar-refractivity contribution in [2.75, 3.05) is 11.7 Å². The average molecular weight is 317 g/mol. The fraction of sp³-hybridized carbons (Fsp3) is 0.600. The van der Waals surface area contributed by atoms with Crippen LogP contribution in [0.25, 0.3) is 0 Å². The molecule has 0 bridgehead atoms. The summed E-state index contributed by atoms with van der Waals surface area (Å²) in [6.07, 6.45) is 16.3. The fourth-order valence-electron chi connectivity index (χ4n) is 3.34. The van der Waals surface area contributed by atoms with Crippen LogP contribution in [-0.2, 0) is 0 Å². The number of unbranched alkanes of at least 4 members (excludes halogenated alkanes) is 8. The fourth-order valence-corrected chi connectivity index (χ4v) is 3.34. The molecule has 0 aromatic heterocycles.